The normalized spacial score (nSPS) is 10.7. The molecule has 3 rings (SSSR count). The number of ether oxygens (including phenoxy) is 1. The van der Waals surface area contributed by atoms with Crippen LogP contribution in [0.3, 0.4) is 0 Å². The summed E-state index contributed by atoms with van der Waals surface area (Å²) in [4.78, 5) is 30.1. The Hall–Kier alpha value is -2.53. The van der Waals surface area contributed by atoms with Gasteiger partial charge in [0.25, 0.3) is 0 Å². The molecule has 0 saturated carbocycles. The number of hydrogen-bond donors (Lipinski definition) is 0. The molecule has 116 valence electrons. The molecule has 2 heterocycles. The van der Waals surface area contributed by atoms with Gasteiger partial charge in [-0.05, 0) is 30.7 Å². The number of carbonyl (C=O) groups is 2. The Bertz CT molecular complexity index is 869. The summed E-state index contributed by atoms with van der Waals surface area (Å²) in [5, 5.41) is 0.950. The van der Waals surface area contributed by atoms with Crippen LogP contribution in [0.5, 0.6) is 0 Å². The van der Waals surface area contributed by atoms with E-state index in [9.17, 15) is 9.59 Å². The van der Waals surface area contributed by atoms with E-state index in [1.54, 1.807) is 12.1 Å². The number of esters is 1. The molecule has 0 spiro atoms. The van der Waals surface area contributed by atoms with Gasteiger partial charge in [0, 0.05) is 10.3 Å². The Morgan fingerprint density at radius 1 is 1.09 bits per heavy atom. The van der Waals surface area contributed by atoms with Crippen LogP contribution >= 0.6 is 11.3 Å². The maximum absolute atomic E-state index is 12.1. The van der Waals surface area contributed by atoms with Crippen LogP contribution < -0.4 is 0 Å². The molecule has 0 radical (unpaired) electrons. The first kappa shape index (κ1) is 15.4. The third-order valence-electron chi connectivity index (χ3n) is 3.43. The highest BCUT2D eigenvalue weighted by Gasteiger charge is 2.14. The van der Waals surface area contributed by atoms with E-state index in [2.05, 4.69) is 4.98 Å². The summed E-state index contributed by atoms with van der Waals surface area (Å²) in [6.45, 7) is 1.77. The molecule has 0 amide bonds. The van der Waals surface area contributed by atoms with Crippen molar-refractivity contribution in [2.24, 2.45) is 0 Å². The molecule has 0 aliphatic heterocycles. The van der Waals surface area contributed by atoms with Crippen molar-refractivity contribution in [2.45, 2.75) is 13.3 Å². The highest BCUT2D eigenvalue weighted by atomic mass is 32.1. The number of carbonyl (C=O) groups excluding carboxylic acids is 2. The van der Waals surface area contributed by atoms with E-state index in [0.29, 0.717) is 4.88 Å². The molecule has 0 fully saturated rings. The summed E-state index contributed by atoms with van der Waals surface area (Å²) in [5.74, 6) is -0.778. The van der Waals surface area contributed by atoms with E-state index >= 15 is 0 Å². The van der Waals surface area contributed by atoms with E-state index in [0.717, 1.165) is 22.2 Å². The number of rotatable bonds is 5. The lowest BCUT2D eigenvalue weighted by molar-refractivity contribution is 0.0470. The number of hydrogen-bond acceptors (Lipinski definition) is 5. The lowest BCUT2D eigenvalue weighted by Gasteiger charge is -2.04. The molecule has 0 saturated heterocycles. The van der Waals surface area contributed by atoms with Gasteiger partial charge in [0.2, 0.25) is 5.78 Å². The number of thiophene rings is 1. The summed E-state index contributed by atoms with van der Waals surface area (Å²) in [5.41, 5.74) is 0.927. The Labute approximate surface area is 137 Å². The summed E-state index contributed by atoms with van der Waals surface area (Å²) >= 11 is 1.43. The number of ketones is 1. The highest BCUT2D eigenvalue weighted by Crippen LogP contribution is 2.18. The third kappa shape index (κ3) is 3.46. The average molecular weight is 325 g/mol. The van der Waals surface area contributed by atoms with E-state index in [-0.39, 0.29) is 18.1 Å². The van der Waals surface area contributed by atoms with E-state index in [1.807, 2.05) is 43.3 Å². The maximum atomic E-state index is 12.1. The van der Waals surface area contributed by atoms with Crippen LogP contribution in [0.15, 0.2) is 48.5 Å². The molecule has 23 heavy (non-hydrogen) atoms. The molecule has 5 heteroatoms. The molecule has 0 atom stereocenters. The lowest BCUT2D eigenvalue weighted by Crippen LogP contribution is -2.14. The second-order valence-corrected chi connectivity index (χ2v) is 6.18. The number of aromatic nitrogens is 1. The largest absolute Gasteiger partial charge is 0.453 e. The van der Waals surface area contributed by atoms with Gasteiger partial charge in [-0.15, -0.1) is 11.3 Å². The monoisotopic (exact) mass is 325 g/mol. The van der Waals surface area contributed by atoms with Crippen molar-refractivity contribution < 1.29 is 14.3 Å². The van der Waals surface area contributed by atoms with Gasteiger partial charge in [0.15, 0.2) is 6.61 Å². The first-order chi connectivity index (χ1) is 11.2. The summed E-state index contributed by atoms with van der Waals surface area (Å²) in [6.07, 6.45) is 0.888. The van der Waals surface area contributed by atoms with Crippen molar-refractivity contribution in [3.63, 3.8) is 0 Å². The molecular formula is C18H15NO3S. The van der Waals surface area contributed by atoms with E-state index < -0.39 is 5.97 Å². The average Bonchev–Trinajstić information content (AvgIpc) is 3.08. The van der Waals surface area contributed by atoms with Gasteiger partial charge in [-0.2, -0.15) is 0 Å². The molecule has 2 aromatic heterocycles. The van der Waals surface area contributed by atoms with Crippen LogP contribution in [0, 0.1) is 0 Å². The SMILES string of the molecule is CCc1ccc(C(=O)COC(=O)c2ccc3ccccc3n2)s1. The van der Waals surface area contributed by atoms with Gasteiger partial charge in [-0.3, -0.25) is 4.79 Å². The van der Waals surface area contributed by atoms with Gasteiger partial charge in [-0.25, -0.2) is 9.78 Å². The number of para-hydroxylation sites is 1. The number of aryl methyl sites for hydroxylation is 1. The van der Waals surface area contributed by atoms with Crippen molar-refractivity contribution >= 4 is 34.0 Å². The summed E-state index contributed by atoms with van der Waals surface area (Å²) in [6, 6.07) is 14.6. The molecule has 0 aliphatic carbocycles. The zero-order valence-corrected chi connectivity index (χ0v) is 13.4. The predicted molar refractivity (Wildman–Crippen MR) is 90.1 cm³/mol. The Kier molecular flexibility index (Phi) is 4.48. The molecule has 3 aromatic rings. The minimum absolute atomic E-state index is 0.191. The van der Waals surface area contributed by atoms with E-state index in [4.69, 9.17) is 4.74 Å². The van der Waals surface area contributed by atoms with Crippen LogP contribution in [0.1, 0.15) is 32.0 Å². The first-order valence-corrected chi connectivity index (χ1v) is 8.14. The van der Waals surface area contributed by atoms with Gasteiger partial charge in [0.05, 0.1) is 10.4 Å². The van der Waals surface area contributed by atoms with Crippen molar-refractivity contribution in [1.82, 2.24) is 4.98 Å². The van der Waals surface area contributed by atoms with E-state index in [1.165, 1.54) is 11.3 Å². The van der Waals surface area contributed by atoms with Crippen LogP contribution in [0.4, 0.5) is 0 Å². The van der Waals surface area contributed by atoms with Crippen molar-refractivity contribution in [2.75, 3.05) is 6.61 Å². The van der Waals surface area contributed by atoms with Crippen molar-refractivity contribution in [3.8, 4) is 0 Å². The fourth-order valence-corrected chi connectivity index (χ4v) is 3.05. The second-order valence-electron chi connectivity index (χ2n) is 5.01. The number of pyridine rings is 1. The highest BCUT2D eigenvalue weighted by molar-refractivity contribution is 7.14. The topological polar surface area (TPSA) is 56.3 Å². The fraction of sp³-hybridized carbons (Fsp3) is 0.167. The number of fused-ring (bicyclic) bond motifs is 1. The molecule has 1 aromatic carbocycles. The Morgan fingerprint density at radius 2 is 1.91 bits per heavy atom. The zero-order valence-electron chi connectivity index (χ0n) is 12.6. The smallest absolute Gasteiger partial charge is 0.357 e. The fourth-order valence-electron chi connectivity index (χ4n) is 2.17. The molecule has 0 bridgehead atoms. The zero-order chi connectivity index (χ0) is 16.2. The molecule has 0 aliphatic rings. The standard InChI is InChI=1S/C18H15NO3S/c1-2-13-8-10-17(23-13)16(20)11-22-18(21)15-9-7-12-5-3-4-6-14(12)19-15/h3-10H,2,11H2,1H3. The van der Waals surface area contributed by atoms with Crippen LogP contribution in [-0.4, -0.2) is 23.3 Å². The molecule has 4 nitrogen and oxygen atoms in total. The second kappa shape index (κ2) is 6.71. The molecular weight excluding hydrogens is 310 g/mol. The Balaban J connectivity index is 1.67. The van der Waals surface area contributed by atoms with Gasteiger partial charge >= 0.3 is 5.97 Å². The molecule has 0 unspecified atom stereocenters. The predicted octanol–water partition coefficient (Wildman–Crippen LogP) is 3.90. The van der Waals surface area contributed by atoms with Gasteiger partial charge < -0.3 is 4.74 Å². The number of nitrogens with zero attached hydrogens (tertiary/aromatic N) is 1. The van der Waals surface area contributed by atoms with Crippen molar-refractivity contribution in [1.29, 1.82) is 0 Å². The minimum Gasteiger partial charge on any atom is -0.453 e. The minimum atomic E-state index is -0.587. The lowest BCUT2D eigenvalue weighted by atomic mass is 10.2. The van der Waals surface area contributed by atoms with Crippen LogP contribution in [0.25, 0.3) is 10.9 Å². The summed E-state index contributed by atoms with van der Waals surface area (Å²) < 4.78 is 5.09. The van der Waals surface area contributed by atoms with Crippen LogP contribution in [0.2, 0.25) is 0 Å². The van der Waals surface area contributed by atoms with Gasteiger partial charge in [-0.1, -0.05) is 31.2 Å². The third-order valence-corrected chi connectivity index (χ3v) is 4.70. The van der Waals surface area contributed by atoms with Crippen molar-refractivity contribution in [3.05, 3.63) is 64.0 Å². The number of Topliss-reactive ketones (excluding diaryl/α,β-unsaturated/α-hetero) is 1. The number of benzene rings is 1. The summed E-state index contributed by atoms with van der Waals surface area (Å²) in [7, 11) is 0. The maximum Gasteiger partial charge on any atom is 0.357 e. The Morgan fingerprint density at radius 3 is 2.70 bits per heavy atom. The quantitative estimate of drug-likeness (QED) is 0.527. The first-order valence-electron chi connectivity index (χ1n) is 7.32. The van der Waals surface area contributed by atoms with Crippen LogP contribution in [-0.2, 0) is 11.2 Å². The molecule has 0 N–H and O–H groups in total. The van der Waals surface area contributed by atoms with Gasteiger partial charge in [0.1, 0.15) is 5.69 Å².